The number of thiazole rings is 1. The number of unbranched alkanes of at least 4 members (excludes halogenated alkanes) is 1. The van der Waals surface area contributed by atoms with Crippen LogP contribution in [0.3, 0.4) is 0 Å². The van der Waals surface area contributed by atoms with Crippen molar-refractivity contribution in [2.75, 3.05) is 5.32 Å². The lowest BCUT2D eigenvalue weighted by molar-refractivity contribution is 0.102. The van der Waals surface area contributed by atoms with Crippen LogP contribution in [0.25, 0.3) is 11.3 Å². The standard InChI is InChI=1S/C19H20N4O2S/c1-3-4-5-13-6-8-14(9-7-13)16-12-26-19(20-16)21-18(25)15-10-11-17(24)23(2)22-15/h6-12H,3-5H2,1-2H3,(H,20,21,25). The molecular formula is C19H20N4O2S. The molecule has 0 spiro atoms. The van der Waals surface area contributed by atoms with Gasteiger partial charge in [0.25, 0.3) is 11.5 Å². The molecule has 26 heavy (non-hydrogen) atoms. The van der Waals surface area contributed by atoms with E-state index in [2.05, 4.69) is 46.6 Å². The number of aryl methyl sites for hydroxylation is 2. The number of nitrogens with one attached hydrogen (secondary N) is 1. The Labute approximate surface area is 155 Å². The average molecular weight is 368 g/mol. The summed E-state index contributed by atoms with van der Waals surface area (Å²) in [5, 5.41) is 9.07. The van der Waals surface area contributed by atoms with Gasteiger partial charge in [0.05, 0.1) is 5.69 Å². The summed E-state index contributed by atoms with van der Waals surface area (Å²) in [7, 11) is 1.50. The zero-order valence-electron chi connectivity index (χ0n) is 14.7. The topological polar surface area (TPSA) is 76.9 Å². The lowest BCUT2D eigenvalue weighted by Gasteiger charge is -2.03. The molecule has 134 valence electrons. The molecule has 7 heteroatoms. The van der Waals surface area contributed by atoms with Gasteiger partial charge in [0.1, 0.15) is 5.69 Å². The highest BCUT2D eigenvalue weighted by atomic mass is 32.1. The minimum atomic E-state index is -0.392. The number of aromatic nitrogens is 3. The van der Waals surface area contributed by atoms with Crippen molar-refractivity contribution in [3.05, 3.63) is 63.4 Å². The fourth-order valence-corrected chi connectivity index (χ4v) is 3.19. The van der Waals surface area contributed by atoms with Crippen molar-refractivity contribution in [3.63, 3.8) is 0 Å². The minimum Gasteiger partial charge on any atom is -0.296 e. The maximum Gasteiger partial charge on any atom is 0.277 e. The van der Waals surface area contributed by atoms with Crippen LogP contribution in [-0.4, -0.2) is 20.7 Å². The van der Waals surface area contributed by atoms with Gasteiger partial charge in [-0.2, -0.15) is 5.10 Å². The summed E-state index contributed by atoms with van der Waals surface area (Å²) in [5.41, 5.74) is 3.06. The molecule has 0 unspecified atom stereocenters. The number of carbonyl (C=O) groups excluding carboxylic acids is 1. The number of rotatable bonds is 6. The van der Waals surface area contributed by atoms with Crippen LogP contribution in [0.1, 0.15) is 35.8 Å². The molecule has 1 N–H and O–H groups in total. The van der Waals surface area contributed by atoms with Gasteiger partial charge in [0, 0.05) is 24.1 Å². The number of hydrogen-bond acceptors (Lipinski definition) is 5. The molecule has 0 bridgehead atoms. The zero-order chi connectivity index (χ0) is 18.5. The van der Waals surface area contributed by atoms with Crippen molar-refractivity contribution in [2.24, 2.45) is 7.05 Å². The van der Waals surface area contributed by atoms with Gasteiger partial charge in [-0.15, -0.1) is 11.3 Å². The van der Waals surface area contributed by atoms with E-state index >= 15 is 0 Å². The molecule has 0 aliphatic heterocycles. The second-order valence-electron chi connectivity index (χ2n) is 5.97. The molecule has 3 aromatic rings. The number of benzene rings is 1. The first-order valence-electron chi connectivity index (χ1n) is 8.47. The molecule has 2 heterocycles. The smallest absolute Gasteiger partial charge is 0.277 e. The predicted molar refractivity (Wildman–Crippen MR) is 104 cm³/mol. The molecule has 1 aromatic carbocycles. The van der Waals surface area contributed by atoms with Gasteiger partial charge in [-0.05, 0) is 24.5 Å². The number of anilines is 1. The van der Waals surface area contributed by atoms with Crippen molar-refractivity contribution < 1.29 is 4.79 Å². The van der Waals surface area contributed by atoms with Crippen LogP contribution in [0.4, 0.5) is 5.13 Å². The van der Waals surface area contributed by atoms with E-state index in [9.17, 15) is 9.59 Å². The summed E-state index contributed by atoms with van der Waals surface area (Å²) in [6.07, 6.45) is 3.45. The van der Waals surface area contributed by atoms with Crippen molar-refractivity contribution in [1.29, 1.82) is 0 Å². The van der Waals surface area contributed by atoms with E-state index < -0.39 is 5.91 Å². The summed E-state index contributed by atoms with van der Waals surface area (Å²) in [5.74, 6) is -0.392. The van der Waals surface area contributed by atoms with Crippen LogP contribution in [0, 0.1) is 0 Å². The highest BCUT2D eigenvalue weighted by molar-refractivity contribution is 7.14. The largest absolute Gasteiger partial charge is 0.296 e. The van der Waals surface area contributed by atoms with Gasteiger partial charge < -0.3 is 0 Å². The van der Waals surface area contributed by atoms with Crippen LogP contribution in [-0.2, 0) is 13.5 Å². The van der Waals surface area contributed by atoms with Crippen LogP contribution in [0.5, 0.6) is 0 Å². The van der Waals surface area contributed by atoms with Crippen molar-refractivity contribution in [2.45, 2.75) is 26.2 Å². The first kappa shape index (κ1) is 18.0. The molecular weight excluding hydrogens is 348 g/mol. The zero-order valence-corrected chi connectivity index (χ0v) is 15.5. The second-order valence-corrected chi connectivity index (χ2v) is 6.83. The third kappa shape index (κ3) is 4.23. The Kier molecular flexibility index (Phi) is 5.58. The van der Waals surface area contributed by atoms with Crippen LogP contribution >= 0.6 is 11.3 Å². The number of nitrogens with zero attached hydrogens (tertiary/aromatic N) is 3. The Morgan fingerprint density at radius 3 is 2.65 bits per heavy atom. The molecule has 0 fully saturated rings. The molecule has 6 nitrogen and oxygen atoms in total. The Hall–Kier alpha value is -2.80. The van der Waals surface area contributed by atoms with Gasteiger partial charge >= 0.3 is 0 Å². The first-order valence-corrected chi connectivity index (χ1v) is 9.35. The van der Waals surface area contributed by atoms with Crippen LogP contribution in [0.15, 0.2) is 46.6 Å². The summed E-state index contributed by atoms with van der Waals surface area (Å²) in [6.45, 7) is 2.18. The van der Waals surface area contributed by atoms with Crippen molar-refractivity contribution in [3.8, 4) is 11.3 Å². The number of carbonyl (C=O) groups is 1. The SMILES string of the molecule is CCCCc1ccc(-c2csc(NC(=O)c3ccc(=O)n(C)n3)n2)cc1. The fourth-order valence-electron chi connectivity index (χ4n) is 2.47. The van der Waals surface area contributed by atoms with E-state index in [1.54, 1.807) is 0 Å². The summed E-state index contributed by atoms with van der Waals surface area (Å²) in [6, 6.07) is 11.1. The highest BCUT2D eigenvalue weighted by Gasteiger charge is 2.12. The average Bonchev–Trinajstić information content (AvgIpc) is 3.11. The minimum absolute atomic E-state index is 0.170. The molecule has 0 saturated heterocycles. The van der Waals surface area contributed by atoms with Gasteiger partial charge in [0.2, 0.25) is 0 Å². The predicted octanol–water partition coefficient (Wildman–Crippen LogP) is 3.50. The Morgan fingerprint density at radius 1 is 1.19 bits per heavy atom. The van der Waals surface area contributed by atoms with Crippen LogP contribution in [0.2, 0.25) is 0 Å². The summed E-state index contributed by atoms with van der Waals surface area (Å²) in [4.78, 5) is 28.1. The lowest BCUT2D eigenvalue weighted by atomic mass is 10.1. The quantitative estimate of drug-likeness (QED) is 0.722. The first-order chi connectivity index (χ1) is 12.6. The molecule has 0 saturated carbocycles. The molecule has 2 aromatic heterocycles. The van der Waals surface area contributed by atoms with E-state index in [4.69, 9.17) is 0 Å². The van der Waals surface area contributed by atoms with E-state index in [-0.39, 0.29) is 11.3 Å². The van der Waals surface area contributed by atoms with E-state index in [1.165, 1.54) is 48.9 Å². The maximum atomic E-state index is 12.2. The fraction of sp³-hybridized carbons (Fsp3) is 0.263. The lowest BCUT2D eigenvalue weighted by Crippen LogP contribution is -2.23. The molecule has 1 amide bonds. The third-order valence-electron chi connectivity index (χ3n) is 3.99. The highest BCUT2D eigenvalue weighted by Crippen LogP contribution is 2.25. The number of amides is 1. The summed E-state index contributed by atoms with van der Waals surface area (Å²) >= 11 is 1.35. The van der Waals surface area contributed by atoms with Crippen LogP contribution < -0.4 is 10.9 Å². The Bertz CT molecular complexity index is 960. The molecule has 0 atom stereocenters. The summed E-state index contributed by atoms with van der Waals surface area (Å²) < 4.78 is 1.13. The molecule has 0 aliphatic carbocycles. The Morgan fingerprint density at radius 2 is 1.96 bits per heavy atom. The van der Waals surface area contributed by atoms with Crippen molar-refractivity contribution in [1.82, 2.24) is 14.8 Å². The van der Waals surface area contributed by atoms with Crippen molar-refractivity contribution >= 4 is 22.4 Å². The third-order valence-corrected chi connectivity index (χ3v) is 4.74. The van der Waals surface area contributed by atoms with E-state index in [0.717, 1.165) is 22.4 Å². The second kappa shape index (κ2) is 8.05. The van der Waals surface area contributed by atoms with Gasteiger partial charge in [0.15, 0.2) is 5.13 Å². The Balaban J connectivity index is 1.70. The maximum absolute atomic E-state index is 12.2. The number of hydrogen-bond donors (Lipinski definition) is 1. The van der Waals surface area contributed by atoms with Gasteiger partial charge in [-0.25, -0.2) is 9.67 Å². The normalized spacial score (nSPS) is 10.7. The van der Waals surface area contributed by atoms with E-state index in [1.807, 2.05) is 5.38 Å². The monoisotopic (exact) mass is 368 g/mol. The van der Waals surface area contributed by atoms with E-state index in [0.29, 0.717) is 5.13 Å². The molecule has 0 radical (unpaired) electrons. The molecule has 0 aliphatic rings. The van der Waals surface area contributed by atoms with Gasteiger partial charge in [-0.3, -0.25) is 14.9 Å². The molecule has 3 rings (SSSR count). The van der Waals surface area contributed by atoms with Gasteiger partial charge in [-0.1, -0.05) is 37.6 Å².